The first kappa shape index (κ1) is 20.0. The van der Waals surface area contributed by atoms with Crippen LogP contribution >= 0.6 is 11.6 Å². The number of carbonyl (C=O) groups is 3. The Labute approximate surface area is 158 Å². The molecule has 1 atom stereocenters. The quantitative estimate of drug-likeness (QED) is 0.710. The van der Waals surface area contributed by atoms with Crippen LogP contribution in [0.4, 0.5) is 10.5 Å². The molecule has 0 spiro atoms. The molecule has 0 bridgehead atoms. The van der Waals surface area contributed by atoms with Gasteiger partial charge in [-0.1, -0.05) is 25.4 Å². The molecule has 2 N–H and O–H groups in total. The van der Waals surface area contributed by atoms with Crippen molar-refractivity contribution >= 4 is 35.1 Å². The molecule has 1 aliphatic rings. The van der Waals surface area contributed by atoms with Crippen molar-refractivity contribution in [2.75, 3.05) is 19.0 Å². The highest BCUT2D eigenvalue weighted by molar-refractivity contribution is 6.32. The summed E-state index contributed by atoms with van der Waals surface area (Å²) in [4.78, 5) is 37.9. The summed E-state index contributed by atoms with van der Waals surface area (Å²) >= 11 is 6.02. The average Bonchev–Trinajstić information content (AvgIpc) is 2.77. The van der Waals surface area contributed by atoms with Crippen molar-refractivity contribution in [3.63, 3.8) is 0 Å². The van der Waals surface area contributed by atoms with Crippen LogP contribution in [0.3, 0.4) is 0 Å². The molecule has 0 aliphatic carbocycles. The van der Waals surface area contributed by atoms with E-state index < -0.39 is 17.5 Å². The summed E-state index contributed by atoms with van der Waals surface area (Å²) in [6.45, 7) is 5.44. The van der Waals surface area contributed by atoms with Gasteiger partial charge in [-0.25, -0.2) is 4.79 Å². The molecule has 1 unspecified atom stereocenters. The summed E-state index contributed by atoms with van der Waals surface area (Å²) in [7, 11) is 1.49. The number of urea groups is 1. The molecule has 1 aromatic rings. The lowest BCUT2D eigenvalue weighted by Gasteiger charge is -2.22. The number of nitrogens with one attached hydrogen (secondary N) is 2. The second-order valence-corrected chi connectivity index (χ2v) is 7.39. The van der Waals surface area contributed by atoms with Gasteiger partial charge in [0, 0.05) is 5.69 Å². The highest BCUT2D eigenvalue weighted by Gasteiger charge is 2.47. The number of ether oxygens (including phenoxy) is 1. The van der Waals surface area contributed by atoms with Gasteiger partial charge < -0.3 is 15.4 Å². The van der Waals surface area contributed by atoms with E-state index >= 15 is 0 Å². The SMILES string of the molecule is COc1ccc(NC(=O)CN2C(=O)NC(C)(CCC(C)C)C2=O)cc1Cl. The molecular formula is C18H24ClN3O4. The third-order valence-electron chi connectivity index (χ3n) is 4.30. The number of halogens is 1. The maximum Gasteiger partial charge on any atom is 0.325 e. The van der Waals surface area contributed by atoms with Gasteiger partial charge in [0.2, 0.25) is 5.91 Å². The highest BCUT2D eigenvalue weighted by atomic mass is 35.5. The first-order valence-electron chi connectivity index (χ1n) is 8.44. The van der Waals surface area contributed by atoms with Crippen molar-refractivity contribution in [3.8, 4) is 5.75 Å². The molecule has 1 fully saturated rings. The topological polar surface area (TPSA) is 87.7 Å². The van der Waals surface area contributed by atoms with Crippen molar-refractivity contribution in [1.29, 1.82) is 0 Å². The fourth-order valence-electron chi connectivity index (χ4n) is 2.73. The fraction of sp³-hybridized carbons (Fsp3) is 0.500. The van der Waals surface area contributed by atoms with Crippen molar-refractivity contribution in [2.24, 2.45) is 5.92 Å². The Balaban J connectivity index is 2.01. The molecule has 1 aromatic carbocycles. The molecule has 2 rings (SSSR count). The Kier molecular flexibility index (Phi) is 6.13. The van der Waals surface area contributed by atoms with Gasteiger partial charge in [-0.3, -0.25) is 14.5 Å². The molecule has 1 aliphatic heterocycles. The van der Waals surface area contributed by atoms with E-state index in [9.17, 15) is 14.4 Å². The van der Waals surface area contributed by atoms with Crippen LogP contribution in [0.2, 0.25) is 5.02 Å². The van der Waals surface area contributed by atoms with E-state index in [1.165, 1.54) is 13.2 Å². The number of anilines is 1. The minimum atomic E-state index is -0.967. The molecule has 0 radical (unpaired) electrons. The normalized spacial score (nSPS) is 19.7. The van der Waals surface area contributed by atoms with Crippen LogP contribution in [0.1, 0.15) is 33.6 Å². The molecule has 1 heterocycles. The number of hydrogen-bond donors (Lipinski definition) is 2. The molecule has 0 saturated carbocycles. The van der Waals surface area contributed by atoms with Gasteiger partial charge in [-0.2, -0.15) is 0 Å². The number of amides is 4. The molecule has 4 amide bonds. The third-order valence-corrected chi connectivity index (χ3v) is 4.60. The van der Waals surface area contributed by atoms with Gasteiger partial charge in [0.1, 0.15) is 17.8 Å². The van der Waals surface area contributed by atoms with Crippen LogP contribution in [-0.2, 0) is 9.59 Å². The molecule has 26 heavy (non-hydrogen) atoms. The number of hydrogen-bond acceptors (Lipinski definition) is 4. The number of methoxy groups -OCH3 is 1. The average molecular weight is 382 g/mol. The van der Waals surface area contributed by atoms with E-state index in [-0.39, 0.29) is 12.5 Å². The highest BCUT2D eigenvalue weighted by Crippen LogP contribution is 2.28. The summed E-state index contributed by atoms with van der Waals surface area (Å²) in [5.74, 6) is 0.0299. The molecule has 1 saturated heterocycles. The van der Waals surface area contributed by atoms with E-state index in [0.29, 0.717) is 28.8 Å². The van der Waals surface area contributed by atoms with Crippen molar-refractivity contribution in [1.82, 2.24) is 10.2 Å². The Hall–Kier alpha value is -2.28. The van der Waals surface area contributed by atoms with Crippen LogP contribution in [0.5, 0.6) is 5.75 Å². The fourth-order valence-corrected chi connectivity index (χ4v) is 2.98. The van der Waals surface area contributed by atoms with Gasteiger partial charge in [-0.15, -0.1) is 0 Å². The smallest absolute Gasteiger partial charge is 0.325 e. The number of rotatable bonds is 7. The first-order valence-corrected chi connectivity index (χ1v) is 8.81. The van der Waals surface area contributed by atoms with Crippen molar-refractivity contribution in [3.05, 3.63) is 23.2 Å². The van der Waals surface area contributed by atoms with E-state index in [1.807, 2.05) is 0 Å². The first-order chi connectivity index (χ1) is 12.2. The second-order valence-electron chi connectivity index (χ2n) is 6.98. The minimum Gasteiger partial charge on any atom is -0.495 e. The molecule has 8 heteroatoms. The van der Waals surface area contributed by atoms with Gasteiger partial charge in [0.15, 0.2) is 0 Å². The largest absolute Gasteiger partial charge is 0.495 e. The number of imide groups is 1. The number of nitrogens with zero attached hydrogens (tertiary/aromatic N) is 1. The van der Waals surface area contributed by atoms with Crippen LogP contribution in [0.15, 0.2) is 18.2 Å². The summed E-state index contributed by atoms with van der Waals surface area (Å²) in [6, 6.07) is 4.23. The van der Waals surface area contributed by atoms with E-state index in [0.717, 1.165) is 11.3 Å². The van der Waals surface area contributed by atoms with Crippen LogP contribution in [0.25, 0.3) is 0 Å². The Morgan fingerprint density at radius 2 is 2.08 bits per heavy atom. The lowest BCUT2D eigenvalue weighted by molar-refractivity contribution is -0.133. The predicted octanol–water partition coefficient (Wildman–Crippen LogP) is 3.03. The van der Waals surface area contributed by atoms with Gasteiger partial charge in [-0.05, 0) is 43.9 Å². The number of carbonyl (C=O) groups excluding carboxylic acids is 3. The van der Waals surface area contributed by atoms with Gasteiger partial charge in [0.05, 0.1) is 12.1 Å². The summed E-state index contributed by atoms with van der Waals surface area (Å²) < 4.78 is 5.05. The van der Waals surface area contributed by atoms with Gasteiger partial charge in [0.25, 0.3) is 5.91 Å². The molecule has 142 valence electrons. The number of benzene rings is 1. The summed E-state index contributed by atoms with van der Waals surface area (Å²) in [6.07, 6.45) is 1.33. The van der Waals surface area contributed by atoms with Crippen molar-refractivity contribution in [2.45, 2.75) is 39.2 Å². The predicted molar refractivity (Wildman–Crippen MR) is 99.4 cm³/mol. The molecule has 7 nitrogen and oxygen atoms in total. The Bertz CT molecular complexity index is 722. The van der Waals surface area contributed by atoms with Crippen LogP contribution in [0, 0.1) is 5.92 Å². The van der Waals surface area contributed by atoms with E-state index in [2.05, 4.69) is 24.5 Å². The zero-order valence-corrected chi connectivity index (χ0v) is 16.1. The summed E-state index contributed by atoms with van der Waals surface area (Å²) in [5, 5.41) is 5.67. The maximum absolute atomic E-state index is 12.6. The third kappa shape index (κ3) is 4.46. The van der Waals surface area contributed by atoms with Crippen molar-refractivity contribution < 1.29 is 19.1 Å². The van der Waals surface area contributed by atoms with E-state index in [1.54, 1.807) is 19.1 Å². The lowest BCUT2D eigenvalue weighted by Crippen LogP contribution is -2.44. The Morgan fingerprint density at radius 3 is 2.65 bits per heavy atom. The monoisotopic (exact) mass is 381 g/mol. The van der Waals surface area contributed by atoms with Crippen LogP contribution < -0.4 is 15.4 Å². The molecular weight excluding hydrogens is 358 g/mol. The minimum absolute atomic E-state index is 0.349. The zero-order chi connectivity index (χ0) is 19.5. The molecule has 0 aromatic heterocycles. The lowest BCUT2D eigenvalue weighted by atomic mass is 9.92. The zero-order valence-electron chi connectivity index (χ0n) is 15.4. The van der Waals surface area contributed by atoms with E-state index in [4.69, 9.17) is 16.3 Å². The maximum atomic E-state index is 12.6. The van der Waals surface area contributed by atoms with Gasteiger partial charge >= 0.3 is 6.03 Å². The van der Waals surface area contributed by atoms with Crippen LogP contribution in [-0.4, -0.2) is 41.9 Å². The Morgan fingerprint density at radius 1 is 1.38 bits per heavy atom. The summed E-state index contributed by atoms with van der Waals surface area (Å²) in [5.41, 5.74) is -0.513. The standard InChI is InChI=1S/C18H24ClN3O4/c1-11(2)7-8-18(3)16(24)22(17(25)21-18)10-15(23)20-12-5-6-14(26-4)13(19)9-12/h5-6,9,11H,7-8,10H2,1-4H3,(H,20,23)(H,21,25). The second kappa shape index (κ2) is 7.95.